The first-order chi connectivity index (χ1) is 19.5. The molecule has 5 rings (SSSR count). The molecular formula is C32H29ClN4O3. The highest BCUT2D eigenvalue weighted by atomic mass is 35.5. The molecular weight excluding hydrogens is 524 g/mol. The van der Waals surface area contributed by atoms with Crippen LogP contribution in [0.5, 0.6) is 5.75 Å². The Morgan fingerprint density at radius 2 is 1.62 bits per heavy atom. The number of fused-ring (bicyclic) bond motifs is 1. The van der Waals surface area contributed by atoms with E-state index >= 15 is 0 Å². The van der Waals surface area contributed by atoms with Gasteiger partial charge in [0, 0.05) is 17.3 Å². The largest absolute Gasteiger partial charge is 0.492 e. The average molecular weight is 553 g/mol. The summed E-state index contributed by atoms with van der Waals surface area (Å²) in [6.07, 6.45) is 0. The molecule has 1 atom stereocenters. The van der Waals surface area contributed by atoms with Crippen LogP contribution in [0.15, 0.2) is 108 Å². The number of hydrogen-bond acceptors (Lipinski definition) is 4. The fourth-order valence-corrected chi connectivity index (χ4v) is 4.74. The quantitative estimate of drug-likeness (QED) is 0.220. The topological polar surface area (TPSA) is 76.5 Å². The molecule has 1 aromatic heterocycles. The number of hydrogen-bond donors (Lipinski definition) is 1. The van der Waals surface area contributed by atoms with Crippen LogP contribution in [0.1, 0.15) is 31.3 Å². The van der Waals surface area contributed by atoms with E-state index in [1.807, 2.05) is 80.6 Å². The SMILES string of the molecule is CCOc1ccccc1-n1c(C(C)N(Cc2ccccc2)C(=O)Nc2ccc(Cl)cc2)nc2ccccc2c1=O. The molecule has 2 amide bonds. The lowest BCUT2D eigenvalue weighted by atomic mass is 10.1. The molecule has 0 saturated carbocycles. The van der Waals surface area contributed by atoms with Crippen LogP contribution in [-0.2, 0) is 6.54 Å². The van der Waals surface area contributed by atoms with Crippen molar-refractivity contribution in [2.45, 2.75) is 26.4 Å². The second-order valence-electron chi connectivity index (χ2n) is 9.25. The number of ether oxygens (including phenoxy) is 1. The standard InChI is InChI=1S/C32H29ClN4O3/c1-3-40-29-16-10-9-15-28(29)37-30(35-27-14-8-7-13-26(27)31(37)38)22(2)36(21-23-11-5-4-6-12-23)32(39)34-25-19-17-24(33)18-20-25/h4-20,22H,3,21H2,1-2H3,(H,34,39). The minimum atomic E-state index is -0.612. The Balaban J connectivity index is 1.66. The van der Waals surface area contributed by atoms with Crippen LogP contribution in [0.4, 0.5) is 10.5 Å². The summed E-state index contributed by atoms with van der Waals surface area (Å²) in [6, 6.07) is 30.3. The third-order valence-corrected chi connectivity index (χ3v) is 6.85. The van der Waals surface area contributed by atoms with E-state index < -0.39 is 6.04 Å². The van der Waals surface area contributed by atoms with E-state index in [0.717, 1.165) is 5.56 Å². The molecule has 0 aliphatic heterocycles. The summed E-state index contributed by atoms with van der Waals surface area (Å²) < 4.78 is 7.46. The van der Waals surface area contributed by atoms with Crippen molar-refractivity contribution in [3.63, 3.8) is 0 Å². The Hall–Kier alpha value is -4.62. The van der Waals surface area contributed by atoms with E-state index in [4.69, 9.17) is 21.3 Å². The van der Waals surface area contributed by atoms with Gasteiger partial charge in [-0.1, -0.05) is 66.2 Å². The molecule has 4 aromatic carbocycles. The Morgan fingerprint density at radius 1 is 0.950 bits per heavy atom. The van der Waals surface area contributed by atoms with Gasteiger partial charge in [-0.2, -0.15) is 0 Å². The minimum Gasteiger partial charge on any atom is -0.492 e. The molecule has 8 heteroatoms. The van der Waals surface area contributed by atoms with E-state index in [0.29, 0.717) is 45.5 Å². The highest BCUT2D eigenvalue weighted by Crippen LogP contribution is 2.29. The molecule has 0 aliphatic carbocycles. The molecule has 0 saturated heterocycles. The van der Waals surface area contributed by atoms with E-state index in [-0.39, 0.29) is 18.1 Å². The number of anilines is 1. The van der Waals surface area contributed by atoms with Crippen LogP contribution in [-0.4, -0.2) is 27.1 Å². The van der Waals surface area contributed by atoms with Gasteiger partial charge in [0.15, 0.2) is 0 Å². The lowest BCUT2D eigenvalue weighted by molar-refractivity contribution is 0.185. The summed E-state index contributed by atoms with van der Waals surface area (Å²) in [5.41, 5.74) is 2.41. The number of benzene rings is 4. The lowest BCUT2D eigenvalue weighted by Gasteiger charge is -2.31. The first kappa shape index (κ1) is 27.0. The van der Waals surface area contributed by atoms with Crippen molar-refractivity contribution in [3.8, 4) is 11.4 Å². The smallest absolute Gasteiger partial charge is 0.322 e. The van der Waals surface area contributed by atoms with E-state index in [2.05, 4.69) is 5.32 Å². The molecule has 1 N–H and O–H groups in total. The number of nitrogens with zero attached hydrogens (tertiary/aromatic N) is 3. The van der Waals surface area contributed by atoms with Gasteiger partial charge in [0.05, 0.1) is 29.2 Å². The molecule has 202 valence electrons. The predicted octanol–water partition coefficient (Wildman–Crippen LogP) is 7.23. The molecule has 0 spiro atoms. The normalized spacial score (nSPS) is 11.7. The number of rotatable bonds is 8. The summed E-state index contributed by atoms with van der Waals surface area (Å²) in [6.45, 7) is 4.49. The number of amides is 2. The predicted molar refractivity (Wildman–Crippen MR) is 159 cm³/mol. The Bertz CT molecular complexity index is 1690. The third-order valence-electron chi connectivity index (χ3n) is 6.60. The molecule has 1 unspecified atom stereocenters. The van der Waals surface area contributed by atoms with Gasteiger partial charge in [0.25, 0.3) is 5.56 Å². The third kappa shape index (κ3) is 5.70. The zero-order valence-electron chi connectivity index (χ0n) is 22.3. The summed E-state index contributed by atoms with van der Waals surface area (Å²) >= 11 is 6.05. The highest BCUT2D eigenvalue weighted by Gasteiger charge is 2.28. The maximum Gasteiger partial charge on any atom is 0.322 e. The second kappa shape index (κ2) is 12.1. The zero-order chi connectivity index (χ0) is 28.1. The molecule has 40 heavy (non-hydrogen) atoms. The monoisotopic (exact) mass is 552 g/mol. The fourth-order valence-electron chi connectivity index (χ4n) is 4.62. The van der Waals surface area contributed by atoms with Crippen molar-refractivity contribution >= 4 is 34.2 Å². The number of carbonyl (C=O) groups is 1. The van der Waals surface area contributed by atoms with Gasteiger partial charge in [0.2, 0.25) is 0 Å². The number of halogens is 1. The van der Waals surface area contributed by atoms with Crippen LogP contribution in [0.25, 0.3) is 16.6 Å². The van der Waals surface area contributed by atoms with Gasteiger partial charge >= 0.3 is 6.03 Å². The average Bonchev–Trinajstić information content (AvgIpc) is 2.98. The molecule has 0 aliphatic rings. The van der Waals surface area contributed by atoms with E-state index in [1.165, 1.54) is 0 Å². The number of aromatic nitrogens is 2. The molecule has 1 heterocycles. The zero-order valence-corrected chi connectivity index (χ0v) is 23.0. The number of urea groups is 1. The fraction of sp³-hybridized carbons (Fsp3) is 0.156. The molecule has 0 fully saturated rings. The maximum atomic E-state index is 14.0. The molecule has 5 aromatic rings. The number of carbonyl (C=O) groups excluding carboxylic acids is 1. The van der Waals surface area contributed by atoms with Crippen LogP contribution in [0, 0.1) is 0 Å². The summed E-state index contributed by atoms with van der Waals surface area (Å²) in [4.78, 5) is 34.5. The molecule has 0 bridgehead atoms. The Morgan fingerprint density at radius 3 is 2.38 bits per heavy atom. The van der Waals surface area contributed by atoms with Gasteiger partial charge in [-0.05, 0) is 67.9 Å². The van der Waals surface area contributed by atoms with Gasteiger partial charge in [-0.15, -0.1) is 0 Å². The van der Waals surface area contributed by atoms with Crippen LogP contribution >= 0.6 is 11.6 Å². The van der Waals surface area contributed by atoms with Crippen molar-refractivity contribution in [1.82, 2.24) is 14.5 Å². The van der Waals surface area contributed by atoms with Gasteiger partial charge in [-0.25, -0.2) is 9.78 Å². The van der Waals surface area contributed by atoms with Crippen molar-refractivity contribution in [2.24, 2.45) is 0 Å². The molecule has 7 nitrogen and oxygen atoms in total. The van der Waals surface area contributed by atoms with Crippen molar-refractivity contribution in [2.75, 3.05) is 11.9 Å². The van der Waals surface area contributed by atoms with Crippen molar-refractivity contribution < 1.29 is 9.53 Å². The maximum absolute atomic E-state index is 14.0. The van der Waals surface area contributed by atoms with Crippen molar-refractivity contribution in [1.29, 1.82) is 0 Å². The van der Waals surface area contributed by atoms with Crippen LogP contribution in [0.2, 0.25) is 5.02 Å². The summed E-state index contributed by atoms with van der Waals surface area (Å²) in [5.74, 6) is 0.968. The van der Waals surface area contributed by atoms with Crippen LogP contribution in [0.3, 0.4) is 0 Å². The summed E-state index contributed by atoms with van der Waals surface area (Å²) in [7, 11) is 0. The van der Waals surface area contributed by atoms with Gasteiger partial charge < -0.3 is 15.0 Å². The van der Waals surface area contributed by atoms with Crippen molar-refractivity contribution in [3.05, 3.63) is 130 Å². The Labute approximate surface area is 237 Å². The lowest BCUT2D eigenvalue weighted by Crippen LogP contribution is -2.39. The Kier molecular flexibility index (Phi) is 8.12. The van der Waals surface area contributed by atoms with E-state index in [1.54, 1.807) is 45.9 Å². The van der Waals surface area contributed by atoms with E-state index in [9.17, 15) is 9.59 Å². The first-order valence-corrected chi connectivity index (χ1v) is 13.4. The minimum absolute atomic E-state index is 0.239. The van der Waals surface area contributed by atoms with Crippen LogP contribution < -0.4 is 15.6 Å². The first-order valence-electron chi connectivity index (χ1n) is 13.1. The highest BCUT2D eigenvalue weighted by molar-refractivity contribution is 6.30. The van der Waals surface area contributed by atoms with Gasteiger partial charge in [-0.3, -0.25) is 9.36 Å². The number of para-hydroxylation sites is 3. The summed E-state index contributed by atoms with van der Waals surface area (Å²) in [5, 5.41) is 4.02. The molecule has 0 radical (unpaired) electrons. The number of nitrogens with one attached hydrogen (secondary N) is 1. The second-order valence-corrected chi connectivity index (χ2v) is 9.69. The van der Waals surface area contributed by atoms with Gasteiger partial charge in [0.1, 0.15) is 11.6 Å².